The molecule has 2 heterocycles. The monoisotopic (exact) mass is 531 g/mol. The molecular weight excluding hydrogens is 507 g/mol. The maximum atomic E-state index is 12.4. The van der Waals surface area contributed by atoms with Crippen molar-refractivity contribution in [3.8, 4) is 11.6 Å². The highest BCUT2D eigenvalue weighted by molar-refractivity contribution is 5.66. The summed E-state index contributed by atoms with van der Waals surface area (Å²) in [5, 5.41) is 9.88. The number of halogens is 3. The summed E-state index contributed by atoms with van der Waals surface area (Å²) >= 11 is 0. The molecule has 0 aliphatic heterocycles. The summed E-state index contributed by atoms with van der Waals surface area (Å²) in [5.74, 6) is 1.24. The van der Waals surface area contributed by atoms with Gasteiger partial charge in [-0.3, -0.25) is 4.57 Å². The zero-order valence-electron chi connectivity index (χ0n) is 20.8. The number of imidazole rings is 1. The van der Waals surface area contributed by atoms with Crippen LogP contribution in [0.5, 0.6) is 5.75 Å². The highest BCUT2D eigenvalue weighted by Gasteiger charge is 2.30. The summed E-state index contributed by atoms with van der Waals surface area (Å²) in [5.41, 5.74) is 4.60. The van der Waals surface area contributed by atoms with Crippen molar-refractivity contribution in [2.45, 2.75) is 19.8 Å². The van der Waals surface area contributed by atoms with Gasteiger partial charge in [-0.05, 0) is 54.4 Å². The van der Waals surface area contributed by atoms with Crippen molar-refractivity contribution >= 4 is 28.8 Å². The fourth-order valence-corrected chi connectivity index (χ4v) is 3.80. The van der Waals surface area contributed by atoms with Crippen LogP contribution in [0.15, 0.2) is 97.6 Å². The number of nitrogens with zero attached hydrogens (tertiary/aromatic N) is 4. The van der Waals surface area contributed by atoms with Crippen LogP contribution in [-0.4, -0.2) is 25.9 Å². The molecular formula is C28H24F3N7O. The minimum Gasteiger partial charge on any atom is -0.406 e. The second kappa shape index (κ2) is 11.1. The standard InChI is InChI=1S/C28H24F3N7O/c1-19-7-8-22(33-17-20-5-3-2-4-6-20)15-24(19)37-27-32-13-14-38(27)26-16-25(34-18-35-26)36-21-9-11-23(12-10-21)39-28(29,30)31/h2-16,18,33H,17H2,1H3,(H,32,37)(H,34,35,36). The van der Waals surface area contributed by atoms with E-state index in [1.165, 1.54) is 36.2 Å². The minimum absolute atomic E-state index is 0.305. The van der Waals surface area contributed by atoms with E-state index in [2.05, 4.69) is 47.8 Å². The fraction of sp³-hybridized carbons (Fsp3) is 0.107. The summed E-state index contributed by atoms with van der Waals surface area (Å²) in [6, 6.07) is 23.3. The molecule has 39 heavy (non-hydrogen) atoms. The molecule has 0 saturated carbocycles. The Hall–Kier alpha value is -5.06. The fourth-order valence-electron chi connectivity index (χ4n) is 3.80. The van der Waals surface area contributed by atoms with Crippen LogP contribution < -0.4 is 20.7 Å². The average molecular weight is 532 g/mol. The summed E-state index contributed by atoms with van der Waals surface area (Å²) in [4.78, 5) is 13.0. The van der Waals surface area contributed by atoms with Gasteiger partial charge in [-0.2, -0.15) is 0 Å². The van der Waals surface area contributed by atoms with Gasteiger partial charge >= 0.3 is 6.36 Å². The third kappa shape index (κ3) is 6.83. The Morgan fingerprint density at radius 3 is 2.38 bits per heavy atom. The van der Waals surface area contributed by atoms with Crippen LogP contribution in [0.2, 0.25) is 0 Å². The Labute approximate surface area is 222 Å². The number of nitrogens with one attached hydrogen (secondary N) is 3. The van der Waals surface area contributed by atoms with E-state index >= 15 is 0 Å². The number of rotatable bonds is 9. The van der Waals surface area contributed by atoms with Crippen molar-refractivity contribution in [2.24, 2.45) is 0 Å². The maximum absolute atomic E-state index is 12.4. The Kier molecular flexibility index (Phi) is 7.30. The zero-order valence-corrected chi connectivity index (χ0v) is 20.8. The van der Waals surface area contributed by atoms with Crippen LogP contribution in [0, 0.1) is 6.92 Å². The Balaban J connectivity index is 1.30. The molecule has 0 atom stereocenters. The van der Waals surface area contributed by atoms with Gasteiger partial charge in [0, 0.05) is 42.1 Å². The van der Waals surface area contributed by atoms with Gasteiger partial charge in [0.15, 0.2) is 0 Å². The van der Waals surface area contributed by atoms with Gasteiger partial charge in [-0.25, -0.2) is 15.0 Å². The molecule has 3 N–H and O–H groups in total. The molecule has 2 aromatic heterocycles. The summed E-state index contributed by atoms with van der Waals surface area (Å²) in [6.45, 7) is 2.71. The van der Waals surface area contributed by atoms with Crippen molar-refractivity contribution in [3.05, 3.63) is 109 Å². The molecule has 0 fully saturated rings. The molecule has 0 spiro atoms. The van der Waals surface area contributed by atoms with E-state index in [1.54, 1.807) is 23.0 Å². The molecule has 198 valence electrons. The normalized spacial score (nSPS) is 11.2. The Bertz CT molecular complexity index is 1540. The smallest absolute Gasteiger partial charge is 0.406 e. The van der Waals surface area contributed by atoms with E-state index in [1.807, 2.05) is 43.3 Å². The van der Waals surface area contributed by atoms with Gasteiger partial charge in [0.05, 0.1) is 0 Å². The Morgan fingerprint density at radius 1 is 0.846 bits per heavy atom. The van der Waals surface area contributed by atoms with Gasteiger partial charge in [0.2, 0.25) is 5.95 Å². The number of alkyl halides is 3. The Morgan fingerprint density at radius 2 is 1.62 bits per heavy atom. The minimum atomic E-state index is -4.74. The van der Waals surface area contributed by atoms with Crippen LogP contribution in [0.1, 0.15) is 11.1 Å². The van der Waals surface area contributed by atoms with Crippen molar-refractivity contribution < 1.29 is 17.9 Å². The van der Waals surface area contributed by atoms with Crippen molar-refractivity contribution in [1.29, 1.82) is 0 Å². The highest BCUT2D eigenvalue weighted by Crippen LogP contribution is 2.27. The number of hydrogen-bond acceptors (Lipinski definition) is 7. The molecule has 11 heteroatoms. The van der Waals surface area contributed by atoms with Crippen LogP contribution in [0.3, 0.4) is 0 Å². The lowest BCUT2D eigenvalue weighted by Gasteiger charge is -2.14. The van der Waals surface area contributed by atoms with E-state index in [0.717, 1.165) is 16.9 Å². The third-order valence-corrected chi connectivity index (χ3v) is 5.72. The van der Waals surface area contributed by atoms with E-state index in [0.29, 0.717) is 29.8 Å². The van der Waals surface area contributed by atoms with Crippen molar-refractivity contribution in [1.82, 2.24) is 19.5 Å². The number of aryl methyl sites for hydroxylation is 1. The van der Waals surface area contributed by atoms with Crippen LogP contribution in [0.4, 0.5) is 42.0 Å². The molecule has 0 aliphatic rings. The van der Waals surface area contributed by atoms with Crippen molar-refractivity contribution in [2.75, 3.05) is 16.0 Å². The molecule has 0 amide bonds. The van der Waals surface area contributed by atoms with Gasteiger partial charge in [0.1, 0.15) is 23.7 Å². The molecule has 8 nitrogen and oxygen atoms in total. The molecule has 0 radical (unpaired) electrons. The molecule has 0 aliphatic carbocycles. The first kappa shape index (κ1) is 25.6. The molecule has 3 aromatic carbocycles. The van der Waals surface area contributed by atoms with Crippen LogP contribution in [-0.2, 0) is 6.54 Å². The van der Waals surface area contributed by atoms with Gasteiger partial charge in [0.25, 0.3) is 0 Å². The number of benzene rings is 3. The topological polar surface area (TPSA) is 88.9 Å². The lowest BCUT2D eigenvalue weighted by atomic mass is 10.1. The molecule has 5 aromatic rings. The number of hydrogen-bond donors (Lipinski definition) is 3. The number of aromatic nitrogens is 4. The quantitative estimate of drug-likeness (QED) is 0.189. The maximum Gasteiger partial charge on any atom is 0.573 e. The molecule has 0 saturated heterocycles. The summed E-state index contributed by atoms with van der Waals surface area (Å²) in [7, 11) is 0. The van der Waals surface area contributed by atoms with Crippen LogP contribution >= 0.6 is 0 Å². The zero-order chi connectivity index (χ0) is 27.2. The number of anilines is 5. The SMILES string of the molecule is Cc1ccc(NCc2ccccc2)cc1Nc1nccn1-c1cc(Nc2ccc(OC(F)(F)F)cc2)ncn1. The van der Waals surface area contributed by atoms with Gasteiger partial charge in [-0.1, -0.05) is 36.4 Å². The van der Waals surface area contributed by atoms with Crippen molar-refractivity contribution in [3.63, 3.8) is 0 Å². The molecule has 0 bridgehead atoms. The molecule has 5 rings (SSSR count). The second-order valence-electron chi connectivity index (χ2n) is 8.57. The summed E-state index contributed by atoms with van der Waals surface area (Å²) in [6.07, 6.45) is 0.0713. The average Bonchev–Trinajstić information content (AvgIpc) is 3.38. The van der Waals surface area contributed by atoms with Gasteiger partial charge in [-0.15, -0.1) is 13.2 Å². The highest BCUT2D eigenvalue weighted by atomic mass is 19.4. The van der Waals surface area contributed by atoms with E-state index < -0.39 is 6.36 Å². The lowest BCUT2D eigenvalue weighted by molar-refractivity contribution is -0.274. The van der Waals surface area contributed by atoms with E-state index in [4.69, 9.17) is 0 Å². The second-order valence-corrected chi connectivity index (χ2v) is 8.57. The first-order chi connectivity index (χ1) is 18.8. The van der Waals surface area contributed by atoms with Crippen LogP contribution in [0.25, 0.3) is 5.82 Å². The largest absolute Gasteiger partial charge is 0.573 e. The van der Waals surface area contributed by atoms with E-state index in [-0.39, 0.29) is 5.75 Å². The molecule has 0 unspecified atom stereocenters. The first-order valence-electron chi connectivity index (χ1n) is 12.0. The summed E-state index contributed by atoms with van der Waals surface area (Å²) < 4.78 is 42.9. The predicted octanol–water partition coefficient (Wildman–Crippen LogP) is 6.97. The number of ether oxygens (including phenoxy) is 1. The lowest BCUT2D eigenvalue weighted by Crippen LogP contribution is -2.16. The van der Waals surface area contributed by atoms with Gasteiger partial charge < -0.3 is 20.7 Å². The van der Waals surface area contributed by atoms with E-state index in [9.17, 15) is 13.2 Å². The third-order valence-electron chi connectivity index (χ3n) is 5.72. The first-order valence-corrected chi connectivity index (χ1v) is 12.0. The predicted molar refractivity (Wildman–Crippen MR) is 144 cm³/mol.